The molecule has 10 heteroatoms. The number of nitrogens with one attached hydrogen (secondary N) is 1. The van der Waals surface area contributed by atoms with Crippen LogP contribution in [0.3, 0.4) is 0 Å². The summed E-state index contributed by atoms with van der Waals surface area (Å²) in [6, 6.07) is 4.77. The minimum atomic E-state index is -4.45. The van der Waals surface area contributed by atoms with Gasteiger partial charge in [-0.1, -0.05) is 6.07 Å². The molecule has 7 nitrogen and oxygen atoms in total. The lowest BCUT2D eigenvalue weighted by Crippen LogP contribution is -2.24. The SMILES string of the molecule is Cc1c(C(=O)NCc2nncn2C)cnn1-c1cccc(C(F)(F)F)c1. The molecule has 0 aliphatic rings. The molecule has 2 heterocycles. The van der Waals surface area contributed by atoms with Gasteiger partial charge in [-0.3, -0.25) is 4.79 Å². The largest absolute Gasteiger partial charge is 0.416 e. The third-order valence-corrected chi connectivity index (χ3v) is 3.88. The van der Waals surface area contributed by atoms with E-state index in [4.69, 9.17) is 0 Å². The molecule has 0 atom stereocenters. The fourth-order valence-electron chi connectivity index (χ4n) is 2.43. The molecule has 0 aliphatic carbocycles. The summed E-state index contributed by atoms with van der Waals surface area (Å²) in [5.41, 5.74) is 0.146. The zero-order valence-electron chi connectivity index (χ0n) is 13.9. The molecule has 0 aliphatic heterocycles. The van der Waals surface area contributed by atoms with Gasteiger partial charge >= 0.3 is 6.18 Å². The van der Waals surface area contributed by atoms with Gasteiger partial charge in [-0.2, -0.15) is 18.3 Å². The first-order chi connectivity index (χ1) is 12.3. The highest BCUT2D eigenvalue weighted by Crippen LogP contribution is 2.30. The van der Waals surface area contributed by atoms with Crippen LogP contribution >= 0.6 is 0 Å². The Morgan fingerprint density at radius 1 is 1.31 bits per heavy atom. The molecule has 26 heavy (non-hydrogen) atoms. The summed E-state index contributed by atoms with van der Waals surface area (Å²) < 4.78 is 41.6. The number of amides is 1. The van der Waals surface area contributed by atoms with E-state index in [9.17, 15) is 18.0 Å². The smallest absolute Gasteiger partial charge is 0.345 e. The Morgan fingerprint density at radius 2 is 2.08 bits per heavy atom. The summed E-state index contributed by atoms with van der Waals surface area (Å²) in [7, 11) is 1.75. The molecule has 0 saturated heterocycles. The molecule has 3 aromatic rings. The second kappa shape index (κ2) is 6.62. The van der Waals surface area contributed by atoms with Crippen LogP contribution in [0.4, 0.5) is 13.2 Å². The van der Waals surface area contributed by atoms with Crippen LogP contribution in [-0.4, -0.2) is 30.5 Å². The standard InChI is InChI=1S/C16H15F3N6O/c1-10-13(15(26)20-8-14-23-21-9-24(14)2)7-22-25(10)12-5-3-4-11(6-12)16(17,18)19/h3-7,9H,8H2,1-2H3,(H,20,26). The molecule has 0 saturated carbocycles. The number of rotatable bonds is 4. The molecule has 0 bridgehead atoms. The van der Waals surface area contributed by atoms with Gasteiger partial charge in [0.15, 0.2) is 5.82 Å². The van der Waals surface area contributed by atoms with Gasteiger partial charge in [-0.15, -0.1) is 10.2 Å². The first-order valence-electron chi connectivity index (χ1n) is 7.60. The maximum absolute atomic E-state index is 12.9. The van der Waals surface area contributed by atoms with E-state index in [2.05, 4.69) is 20.6 Å². The lowest BCUT2D eigenvalue weighted by Gasteiger charge is -2.10. The molecule has 1 aromatic carbocycles. The summed E-state index contributed by atoms with van der Waals surface area (Å²) >= 11 is 0. The molecule has 2 aromatic heterocycles. The van der Waals surface area contributed by atoms with Crippen LogP contribution in [0.5, 0.6) is 0 Å². The van der Waals surface area contributed by atoms with Crippen molar-refractivity contribution in [2.45, 2.75) is 19.6 Å². The first kappa shape index (κ1) is 17.6. The van der Waals surface area contributed by atoms with E-state index in [0.717, 1.165) is 12.1 Å². The van der Waals surface area contributed by atoms with E-state index in [1.807, 2.05) is 0 Å². The van der Waals surface area contributed by atoms with Crippen molar-refractivity contribution in [1.82, 2.24) is 29.9 Å². The van der Waals surface area contributed by atoms with Crippen molar-refractivity contribution in [3.8, 4) is 5.69 Å². The Hall–Kier alpha value is -3.17. The number of alkyl halides is 3. The van der Waals surface area contributed by atoms with Gasteiger partial charge in [-0.05, 0) is 25.1 Å². The van der Waals surface area contributed by atoms with Crippen molar-refractivity contribution in [2.24, 2.45) is 7.05 Å². The van der Waals surface area contributed by atoms with Crippen molar-refractivity contribution in [3.63, 3.8) is 0 Å². The molecule has 0 spiro atoms. The fraction of sp³-hybridized carbons (Fsp3) is 0.250. The summed E-state index contributed by atoms with van der Waals surface area (Å²) in [5.74, 6) is 0.171. The van der Waals surface area contributed by atoms with Crippen molar-refractivity contribution < 1.29 is 18.0 Å². The molecular weight excluding hydrogens is 349 g/mol. The third-order valence-electron chi connectivity index (χ3n) is 3.88. The average molecular weight is 364 g/mol. The Kier molecular flexibility index (Phi) is 4.49. The molecular formula is C16H15F3N6O. The lowest BCUT2D eigenvalue weighted by atomic mass is 10.2. The van der Waals surface area contributed by atoms with E-state index in [0.29, 0.717) is 11.5 Å². The fourth-order valence-corrected chi connectivity index (χ4v) is 2.43. The van der Waals surface area contributed by atoms with Crippen molar-refractivity contribution >= 4 is 5.91 Å². The minimum Gasteiger partial charge on any atom is -0.345 e. The van der Waals surface area contributed by atoms with E-state index in [1.165, 1.54) is 29.3 Å². The van der Waals surface area contributed by atoms with Gasteiger partial charge in [-0.25, -0.2) is 4.68 Å². The van der Waals surface area contributed by atoms with Crippen molar-refractivity contribution in [2.75, 3.05) is 0 Å². The van der Waals surface area contributed by atoms with Crippen LogP contribution in [0.2, 0.25) is 0 Å². The predicted molar refractivity (Wildman–Crippen MR) is 85.5 cm³/mol. The number of halogens is 3. The maximum atomic E-state index is 12.9. The Labute approximate surface area is 146 Å². The first-order valence-corrected chi connectivity index (χ1v) is 7.60. The Balaban J connectivity index is 1.82. The van der Waals surface area contributed by atoms with E-state index in [1.54, 1.807) is 18.5 Å². The van der Waals surface area contributed by atoms with Gasteiger partial charge in [0.1, 0.15) is 6.33 Å². The van der Waals surface area contributed by atoms with E-state index in [-0.39, 0.29) is 17.8 Å². The van der Waals surface area contributed by atoms with Crippen LogP contribution in [0.25, 0.3) is 5.69 Å². The van der Waals surface area contributed by atoms with Crippen molar-refractivity contribution in [1.29, 1.82) is 0 Å². The summed E-state index contributed by atoms with van der Waals surface area (Å²) in [4.78, 5) is 12.3. The van der Waals surface area contributed by atoms with Crippen molar-refractivity contribution in [3.05, 3.63) is 59.4 Å². The number of aryl methyl sites for hydroxylation is 1. The minimum absolute atomic E-state index is 0.170. The molecule has 1 N–H and O–H groups in total. The highest BCUT2D eigenvalue weighted by molar-refractivity contribution is 5.95. The summed E-state index contributed by atoms with van der Waals surface area (Å²) in [5, 5.41) is 14.3. The number of benzene rings is 1. The Bertz CT molecular complexity index is 944. The average Bonchev–Trinajstić information content (AvgIpc) is 3.17. The zero-order chi connectivity index (χ0) is 18.9. The number of aromatic nitrogens is 5. The van der Waals surface area contributed by atoms with Gasteiger partial charge in [0.05, 0.1) is 35.2 Å². The van der Waals surface area contributed by atoms with Crippen LogP contribution < -0.4 is 5.32 Å². The molecule has 136 valence electrons. The second-order valence-corrected chi connectivity index (χ2v) is 5.64. The third kappa shape index (κ3) is 3.44. The monoisotopic (exact) mass is 364 g/mol. The summed E-state index contributed by atoms with van der Waals surface area (Å²) in [6.07, 6.45) is -1.62. The highest BCUT2D eigenvalue weighted by Gasteiger charge is 2.30. The van der Waals surface area contributed by atoms with Gasteiger partial charge in [0, 0.05) is 7.05 Å². The topological polar surface area (TPSA) is 77.6 Å². The van der Waals surface area contributed by atoms with Gasteiger partial charge in [0.25, 0.3) is 5.91 Å². The van der Waals surface area contributed by atoms with Crippen LogP contribution in [0, 0.1) is 6.92 Å². The van der Waals surface area contributed by atoms with Crippen LogP contribution in [0.1, 0.15) is 27.4 Å². The second-order valence-electron chi connectivity index (χ2n) is 5.64. The van der Waals surface area contributed by atoms with Gasteiger partial charge in [0.2, 0.25) is 0 Å². The maximum Gasteiger partial charge on any atom is 0.416 e. The molecule has 0 fully saturated rings. The van der Waals surface area contributed by atoms with Gasteiger partial charge < -0.3 is 9.88 Å². The van der Waals surface area contributed by atoms with E-state index >= 15 is 0 Å². The highest BCUT2D eigenvalue weighted by atomic mass is 19.4. The number of carbonyl (C=O) groups excluding carboxylic acids is 1. The quantitative estimate of drug-likeness (QED) is 0.770. The van der Waals surface area contributed by atoms with Crippen LogP contribution in [0.15, 0.2) is 36.8 Å². The number of hydrogen-bond donors (Lipinski definition) is 1. The predicted octanol–water partition coefficient (Wildman–Crippen LogP) is 2.26. The molecule has 1 amide bonds. The molecule has 3 rings (SSSR count). The number of hydrogen-bond acceptors (Lipinski definition) is 4. The number of nitrogens with zero attached hydrogens (tertiary/aromatic N) is 5. The zero-order valence-corrected chi connectivity index (χ0v) is 13.9. The van der Waals surface area contributed by atoms with Crippen LogP contribution in [-0.2, 0) is 19.8 Å². The van der Waals surface area contributed by atoms with E-state index < -0.39 is 17.6 Å². The normalized spacial score (nSPS) is 11.6. The Morgan fingerprint density at radius 3 is 2.73 bits per heavy atom. The number of carbonyl (C=O) groups is 1. The molecule has 0 unspecified atom stereocenters. The molecule has 0 radical (unpaired) electrons. The lowest BCUT2D eigenvalue weighted by molar-refractivity contribution is -0.137. The summed E-state index contributed by atoms with van der Waals surface area (Å²) in [6.45, 7) is 1.79.